The maximum absolute atomic E-state index is 5.85. The highest BCUT2D eigenvalue weighted by Crippen LogP contribution is 2.22. The van der Waals surface area contributed by atoms with Gasteiger partial charge in [-0.25, -0.2) is 0 Å². The van der Waals surface area contributed by atoms with E-state index in [4.69, 9.17) is 10.5 Å². The molecule has 0 spiro atoms. The number of benzene rings is 1. The number of nitrogens with two attached hydrogens (primary N) is 1. The van der Waals surface area contributed by atoms with E-state index in [2.05, 4.69) is 50.9 Å². The monoisotopic (exact) mass is 272 g/mol. The predicted molar refractivity (Wildman–Crippen MR) is 79.8 cm³/mol. The fourth-order valence-corrected chi connectivity index (χ4v) is 1.72. The van der Waals surface area contributed by atoms with Gasteiger partial charge in [0, 0.05) is 19.1 Å². The standard InChI is InChI=1S/C14H24N2O.ClH/c1-11-6-5-7-12(2)14(11)17-9-8-16(4)13(3)10-15;/h5-7,13H,8-10,15H2,1-4H3;1H. The second-order valence-corrected chi connectivity index (χ2v) is 4.63. The molecule has 0 aliphatic rings. The van der Waals surface area contributed by atoms with E-state index in [0.29, 0.717) is 19.2 Å². The first-order valence-electron chi connectivity index (χ1n) is 6.15. The van der Waals surface area contributed by atoms with Crippen molar-refractivity contribution in [1.29, 1.82) is 0 Å². The van der Waals surface area contributed by atoms with E-state index in [1.165, 1.54) is 11.1 Å². The molecule has 1 unspecified atom stereocenters. The third-order valence-electron chi connectivity index (χ3n) is 3.19. The summed E-state index contributed by atoms with van der Waals surface area (Å²) in [7, 11) is 2.07. The molecule has 0 aliphatic carbocycles. The van der Waals surface area contributed by atoms with Crippen LogP contribution in [-0.2, 0) is 0 Å². The highest BCUT2D eigenvalue weighted by Gasteiger charge is 2.08. The maximum Gasteiger partial charge on any atom is 0.125 e. The molecule has 2 N–H and O–H groups in total. The molecule has 3 nitrogen and oxygen atoms in total. The summed E-state index contributed by atoms with van der Waals surface area (Å²) in [6.07, 6.45) is 0. The highest BCUT2D eigenvalue weighted by atomic mass is 35.5. The summed E-state index contributed by atoms with van der Waals surface area (Å²) in [5.74, 6) is 1.02. The second-order valence-electron chi connectivity index (χ2n) is 4.63. The molecule has 0 bridgehead atoms. The van der Waals surface area contributed by atoms with Crippen LogP contribution in [0.1, 0.15) is 18.1 Å². The molecule has 0 radical (unpaired) electrons. The number of halogens is 1. The third kappa shape index (κ3) is 4.84. The summed E-state index contributed by atoms with van der Waals surface area (Å²) in [6, 6.07) is 6.61. The topological polar surface area (TPSA) is 38.5 Å². The third-order valence-corrected chi connectivity index (χ3v) is 3.19. The molecule has 0 aromatic heterocycles. The Morgan fingerprint density at radius 1 is 1.28 bits per heavy atom. The number of hydrogen-bond acceptors (Lipinski definition) is 3. The first-order chi connectivity index (χ1) is 8.06. The van der Waals surface area contributed by atoms with Gasteiger partial charge < -0.3 is 10.5 Å². The van der Waals surface area contributed by atoms with E-state index in [1.807, 2.05) is 0 Å². The Morgan fingerprint density at radius 2 is 1.83 bits per heavy atom. The average Bonchev–Trinajstić information content (AvgIpc) is 2.31. The van der Waals surface area contributed by atoms with Crippen molar-refractivity contribution in [3.63, 3.8) is 0 Å². The lowest BCUT2D eigenvalue weighted by molar-refractivity contribution is 0.201. The van der Waals surface area contributed by atoms with Crippen molar-refractivity contribution in [2.45, 2.75) is 26.8 Å². The average molecular weight is 273 g/mol. The minimum atomic E-state index is 0. The Hall–Kier alpha value is -0.770. The second kappa shape index (κ2) is 8.35. The summed E-state index contributed by atoms with van der Waals surface area (Å²) in [5.41, 5.74) is 8.01. The molecule has 0 fully saturated rings. The van der Waals surface area contributed by atoms with Crippen LogP contribution in [0.3, 0.4) is 0 Å². The van der Waals surface area contributed by atoms with Crippen molar-refractivity contribution in [2.24, 2.45) is 5.73 Å². The fourth-order valence-electron chi connectivity index (χ4n) is 1.72. The smallest absolute Gasteiger partial charge is 0.125 e. The number of aryl methyl sites for hydroxylation is 2. The van der Waals surface area contributed by atoms with Crippen LogP contribution >= 0.6 is 12.4 Å². The van der Waals surface area contributed by atoms with E-state index in [0.717, 1.165) is 12.3 Å². The van der Waals surface area contributed by atoms with Gasteiger partial charge >= 0.3 is 0 Å². The molecule has 1 rings (SSSR count). The molecule has 104 valence electrons. The molecular formula is C14H25ClN2O. The summed E-state index contributed by atoms with van der Waals surface area (Å²) in [4.78, 5) is 2.22. The number of likely N-dealkylation sites (N-methyl/N-ethyl adjacent to an activating group) is 1. The van der Waals surface area contributed by atoms with Crippen LogP contribution in [0.5, 0.6) is 5.75 Å². The lowest BCUT2D eigenvalue weighted by Crippen LogP contribution is -2.37. The molecule has 0 heterocycles. The molecule has 1 aromatic rings. The van der Waals surface area contributed by atoms with Gasteiger partial charge in [-0.2, -0.15) is 0 Å². The first-order valence-corrected chi connectivity index (χ1v) is 6.15. The lowest BCUT2D eigenvalue weighted by atomic mass is 10.1. The molecule has 1 aromatic carbocycles. The van der Waals surface area contributed by atoms with E-state index in [9.17, 15) is 0 Å². The van der Waals surface area contributed by atoms with E-state index >= 15 is 0 Å². The lowest BCUT2D eigenvalue weighted by Gasteiger charge is -2.23. The van der Waals surface area contributed by atoms with Gasteiger partial charge in [0.2, 0.25) is 0 Å². The highest BCUT2D eigenvalue weighted by molar-refractivity contribution is 5.85. The molecule has 1 atom stereocenters. The quantitative estimate of drug-likeness (QED) is 0.864. The van der Waals surface area contributed by atoms with Crippen molar-refractivity contribution in [1.82, 2.24) is 4.90 Å². The zero-order valence-electron chi connectivity index (χ0n) is 11.8. The van der Waals surface area contributed by atoms with Crippen molar-refractivity contribution < 1.29 is 4.74 Å². The molecule has 0 saturated heterocycles. The minimum absolute atomic E-state index is 0. The van der Waals surface area contributed by atoms with Crippen molar-refractivity contribution in [3.8, 4) is 5.75 Å². The number of nitrogens with zero attached hydrogens (tertiary/aromatic N) is 1. The zero-order chi connectivity index (χ0) is 12.8. The van der Waals surface area contributed by atoms with Crippen LogP contribution in [0.2, 0.25) is 0 Å². The maximum atomic E-state index is 5.85. The van der Waals surface area contributed by atoms with Gasteiger partial charge in [-0.05, 0) is 38.9 Å². The summed E-state index contributed by atoms with van der Waals surface area (Å²) in [5, 5.41) is 0. The predicted octanol–water partition coefficient (Wildman–Crippen LogP) is 2.38. The van der Waals surface area contributed by atoms with E-state index in [1.54, 1.807) is 0 Å². The van der Waals surface area contributed by atoms with Crippen LogP contribution in [-0.4, -0.2) is 37.7 Å². The van der Waals surface area contributed by atoms with Crippen LogP contribution < -0.4 is 10.5 Å². The largest absolute Gasteiger partial charge is 0.492 e. The summed E-state index contributed by atoms with van der Waals surface area (Å²) >= 11 is 0. The number of hydrogen-bond donors (Lipinski definition) is 1. The fraction of sp³-hybridized carbons (Fsp3) is 0.571. The van der Waals surface area contributed by atoms with Gasteiger partial charge in [0.05, 0.1) is 0 Å². The van der Waals surface area contributed by atoms with Gasteiger partial charge in [-0.1, -0.05) is 18.2 Å². The van der Waals surface area contributed by atoms with E-state index < -0.39 is 0 Å². The summed E-state index contributed by atoms with van der Waals surface area (Å²) in [6.45, 7) is 8.56. The number of para-hydroxylation sites is 1. The Bertz CT molecular complexity index is 337. The number of ether oxygens (including phenoxy) is 1. The zero-order valence-corrected chi connectivity index (χ0v) is 12.6. The Kier molecular flexibility index (Phi) is 8.00. The Balaban J connectivity index is 0.00000289. The van der Waals surface area contributed by atoms with E-state index in [-0.39, 0.29) is 12.4 Å². The SMILES string of the molecule is Cc1cccc(C)c1OCCN(C)C(C)CN.Cl. The van der Waals surface area contributed by atoms with Crippen LogP contribution in [0, 0.1) is 13.8 Å². The molecule has 0 aliphatic heterocycles. The Labute approximate surface area is 117 Å². The minimum Gasteiger partial charge on any atom is -0.492 e. The van der Waals surface area contributed by atoms with Crippen molar-refractivity contribution >= 4 is 12.4 Å². The van der Waals surface area contributed by atoms with Crippen molar-refractivity contribution in [3.05, 3.63) is 29.3 Å². The normalized spacial score (nSPS) is 12.1. The molecule has 0 amide bonds. The van der Waals surface area contributed by atoms with Gasteiger partial charge in [-0.3, -0.25) is 4.90 Å². The van der Waals surface area contributed by atoms with Crippen LogP contribution in [0.25, 0.3) is 0 Å². The molecule has 4 heteroatoms. The van der Waals surface area contributed by atoms with Gasteiger partial charge in [0.25, 0.3) is 0 Å². The Morgan fingerprint density at radius 3 is 2.33 bits per heavy atom. The number of rotatable bonds is 6. The van der Waals surface area contributed by atoms with Crippen molar-refractivity contribution in [2.75, 3.05) is 26.7 Å². The molecular weight excluding hydrogens is 248 g/mol. The molecule has 18 heavy (non-hydrogen) atoms. The van der Waals surface area contributed by atoms with Crippen LogP contribution in [0.15, 0.2) is 18.2 Å². The van der Waals surface area contributed by atoms with Crippen LogP contribution in [0.4, 0.5) is 0 Å². The van der Waals surface area contributed by atoms with Gasteiger partial charge in [-0.15, -0.1) is 12.4 Å². The summed E-state index contributed by atoms with van der Waals surface area (Å²) < 4.78 is 5.85. The first kappa shape index (κ1) is 17.2. The molecule has 0 saturated carbocycles. The van der Waals surface area contributed by atoms with Gasteiger partial charge in [0.15, 0.2) is 0 Å². The van der Waals surface area contributed by atoms with Gasteiger partial charge in [0.1, 0.15) is 12.4 Å².